The van der Waals surface area contributed by atoms with Gasteiger partial charge in [0.05, 0.1) is 30.0 Å². The number of benzene rings is 2. The Labute approximate surface area is 332 Å². The highest BCUT2D eigenvalue weighted by atomic mass is 16.6. The van der Waals surface area contributed by atoms with Gasteiger partial charge in [-0.15, -0.1) is 0 Å². The van der Waals surface area contributed by atoms with Crippen LogP contribution in [0, 0.1) is 28.6 Å². The molecule has 306 valence electrons. The molecule has 2 aromatic rings. The third-order valence-corrected chi connectivity index (χ3v) is 13.3. The van der Waals surface area contributed by atoms with Gasteiger partial charge in [-0.05, 0) is 55.0 Å². The number of carbonyl (C=O) groups excluding carboxylic acids is 6. The number of ether oxygens (including phenoxy) is 5. The zero-order valence-electron chi connectivity index (χ0n) is 34.0. The molecule has 0 spiro atoms. The van der Waals surface area contributed by atoms with Gasteiger partial charge in [-0.2, -0.15) is 0 Å². The Kier molecular flexibility index (Phi) is 11.1. The minimum Gasteiger partial charge on any atom is -0.457 e. The van der Waals surface area contributed by atoms with Crippen molar-refractivity contribution in [3.05, 3.63) is 82.9 Å². The van der Waals surface area contributed by atoms with Gasteiger partial charge in [0.25, 0.3) is 0 Å². The van der Waals surface area contributed by atoms with E-state index in [-0.39, 0.29) is 36.5 Å². The van der Waals surface area contributed by atoms with E-state index in [1.54, 1.807) is 89.2 Å². The van der Waals surface area contributed by atoms with Crippen LogP contribution < -0.4 is 5.32 Å². The monoisotopic (exact) mass is 787 g/mol. The summed E-state index contributed by atoms with van der Waals surface area (Å²) in [7, 11) is 0. The van der Waals surface area contributed by atoms with Crippen molar-refractivity contribution in [2.24, 2.45) is 28.6 Å². The Balaban J connectivity index is 1.57. The van der Waals surface area contributed by atoms with E-state index >= 15 is 4.79 Å². The Morgan fingerprint density at radius 2 is 1.51 bits per heavy atom. The molecule has 1 saturated heterocycles. The van der Waals surface area contributed by atoms with Crippen molar-refractivity contribution in [2.45, 2.75) is 117 Å². The summed E-state index contributed by atoms with van der Waals surface area (Å²) in [5.74, 6) is -6.59. The second-order valence-corrected chi connectivity index (χ2v) is 16.9. The number of amides is 1. The predicted molar refractivity (Wildman–Crippen MR) is 204 cm³/mol. The number of aliphatic hydroxyl groups is 1. The van der Waals surface area contributed by atoms with Crippen LogP contribution in [0.2, 0.25) is 0 Å². The maximum absolute atomic E-state index is 15.6. The van der Waals surface area contributed by atoms with Crippen molar-refractivity contribution in [3.8, 4) is 0 Å². The maximum atomic E-state index is 15.6. The van der Waals surface area contributed by atoms with Crippen molar-refractivity contribution in [2.75, 3.05) is 6.61 Å². The van der Waals surface area contributed by atoms with Crippen LogP contribution in [0.15, 0.2) is 71.8 Å². The Morgan fingerprint density at radius 3 is 2.05 bits per heavy atom. The standard InChI is InChI=1S/C44H53NO12/c1-23-20-32-43(22-53-32,57-28(6)48)36-38(56-40(51)30-18-14-11-15-19-30)44(52)21-31(55-39(50)25(3)34(45-26(4)46)29-16-12-10-13-17-29)24(2)33(41(44,7)8)35(54-27(5)47)37(49)42(23,36)9/h10-19,23,25,31-32,34-36,38,52H,20-22H2,1-9H3,(H,45,46)/t23-,25+,31?,32?,34?,35?,36?,38?,42+,43?,44?/m0/s1. The molecule has 3 aliphatic carbocycles. The summed E-state index contributed by atoms with van der Waals surface area (Å²) in [5, 5.41) is 16.5. The fourth-order valence-corrected chi connectivity index (χ4v) is 10.1. The number of fused-ring (bicyclic) bond motifs is 5. The first kappa shape index (κ1) is 41.7. The highest BCUT2D eigenvalue weighted by Gasteiger charge is 2.77. The summed E-state index contributed by atoms with van der Waals surface area (Å²) in [6, 6.07) is 16.3. The number of nitrogens with one attached hydrogen (secondary N) is 1. The number of rotatable bonds is 9. The van der Waals surface area contributed by atoms with Gasteiger partial charge >= 0.3 is 23.9 Å². The van der Waals surface area contributed by atoms with E-state index in [0.29, 0.717) is 11.1 Å². The minimum absolute atomic E-state index is 0.159. The van der Waals surface area contributed by atoms with E-state index < -0.39 is 99.9 Å². The molecule has 13 nitrogen and oxygen atoms in total. The summed E-state index contributed by atoms with van der Waals surface area (Å²) >= 11 is 0. The normalized spacial score (nSPS) is 33.7. The van der Waals surface area contributed by atoms with Crippen LogP contribution in [0.3, 0.4) is 0 Å². The SMILES string of the molecule is CC(=O)NC(c1ccccc1)[C@@H](C)C(=O)OC1CC2(O)C(OC(=O)c3ccccc3)C3C4(OC(C)=O)COC4C[C@H](C)[C@@]3(C)C(=O)C(OC(C)=O)C(=C1C)C2(C)C. The molecule has 2 N–H and O–H groups in total. The maximum Gasteiger partial charge on any atom is 0.338 e. The van der Waals surface area contributed by atoms with Crippen molar-refractivity contribution < 1.29 is 57.6 Å². The molecule has 3 fully saturated rings. The van der Waals surface area contributed by atoms with Gasteiger partial charge in [0.15, 0.2) is 17.5 Å². The Morgan fingerprint density at radius 1 is 0.895 bits per heavy atom. The van der Waals surface area contributed by atoms with Gasteiger partial charge < -0.3 is 34.1 Å². The van der Waals surface area contributed by atoms with Gasteiger partial charge in [-0.3, -0.25) is 24.0 Å². The topological polar surface area (TPSA) is 181 Å². The molecule has 11 atom stereocenters. The molecule has 0 aromatic heterocycles. The van der Waals surface area contributed by atoms with Crippen molar-refractivity contribution in [3.63, 3.8) is 0 Å². The average Bonchev–Trinajstić information content (AvgIpc) is 3.15. The first-order valence-corrected chi connectivity index (χ1v) is 19.5. The fraction of sp³-hybridized carbons (Fsp3) is 0.545. The number of ketones is 1. The van der Waals surface area contributed by atoms with E-state index in [1.165, 1.54) is 20.8 Å². The second-order valence-electron chi connectivity index (χ2n) is 16.9. The second kappa shape index (κ2) is 15.1. The van der Waals surface area contributed by atoms with Crippen LogP contribution in [0.4, 0.5) is 0 Å². The van der Waals surface area contributed by atoms with Crippen LogP contribution in [0.25, 0.3) is 0 Å². The molecule has 1 aliphatic heterocycles. The van der Waals surface area contributed by atoms with E-state index in [1.807, 2.05) is 13.0 Å². The lowest BCUT2D eigenvalue weighted by Gasteiger charge is -2.68. The van der Waals surface area contributed by atoms with Gasteiger partial charge in [0.1, 0.15) is 23.9 Å². The summed E-state index contributed by atoms with van der Waals surface area (Å²) < 4.78 is 31.0. The molecule has 1 amide bonds. The number of hydrogen-bond acceptors (Lipinski definition) is 12. The van der Waals surface area contributed by atoms with E-state index in [0.717, 1.165) is 0 Å². The van der Waals surface area contributed by atoms with Crippen molar-refractivity contribution >= 4 is 35.6 Å². The molecule has 1 heterocycles. The molecule has 0 radical (unpaired) electrons. The third-order valence-electron chi connectivity index (χ3n) is 13.3. The van der Waals surface area contributed by atoms with Crippen LogP contribution in [0.5, 0.6) is 0 Å². The summed E-state index contributed by atoms with van der Waals surface area (Å²) in [5.41, 5.74) is -5.38. The van der Waals surface area contributed by atoms with Crippen LogP contribution in [0.1, 0.15) is 97.1 Å². The number of hydrogen-bond donors (Lipinski definition) is 2. The highest BCUT2D eigenvalue weighted by Crippen LogP contribution is 2.65. The lowest BCUT2D eigenvalue weighted by molar-refractivity contribution is -0.340. The molecule has 57 heavy (non-hydrogen) atoms. The lowest BCUT2D eigenvalue weighted by atomic mass is 9.43. The minimum atomic E-state index is -2.17. The smallest absolute Gasteiger partial charge is 0.338 e. The highest BCUT2D eigenvalue weighted by molar-refractivity contribution is 5.95. The zero-order valence-corrected chi connectivity index (χ0v) is 34.0. The van der Waals surface area contributed by atoms with Crippen molar-refractivity contribution in [1.29, 1.82) is 0 Å². The largest absolute Gasteiger partial charge is 0.457 e. The fourth-order valence-electron chi connectivity index (χ4n) is 10.1. The molecule has 2 aromatic carbocycles. The van der Waals surface area contributed by atoms with E-state index in [9.17, 15) is 29.1 Å². The average molecular weight is 788 g/mol. The van der Waals surface area contributed by atoms with E-state index in [2.05, 4.69) is 5.32 Å². The molecular formula is C44H53NO12. The number of carbonyl (C=O) groups is 6. The molecule has 4 aliphatic rings. The molecule has 13 heteroatoms. The van der Waals surface area contributed by atoms with Gasteiger partial charge in [-0.1, -0.05) is 76.2 Å². The molecule has 6 rings (SSSR count). The molecule has 8 unspecified atom stereocenters. The van der Waals surface area contributed by atoms with Crippen LogP contribution >= 0.6 is 0 Å². The summed E-state index contributed by atoms with van der Waals surface area (Å²) in [6.07, 6.45) is -5.19. The number of esters is 4. The Bertz CT molecular complexity index is 1980. The lowest BCUT2D eigenvalue weighted by Crippen LogP contribution is -2.80. The van der Waals surface area contributed by atoms with Gasteiger partial charge in [-0.25, -0.2) is 4.79 Å². The van der Waals surface area contributed by atoms with Gasteiger partial charge in [0, 0.05) is 38.0 Å². The first-order chi connectivity index (χ1) is 26.7. The molecule has 2 saturated carbocycles. The van der Waals surface area contributed by atoms with Crippen LogP contribution in [-0.2, 0) is 47.7 Å². The Hall–Kier alpha value is -4.88. The van der Waals surface area contributed by atoms with Crippen molar-refractivity contribution in [1.82, 2.24) is 5.32 Å². The third kappa shape index (κ3) is 6.86. The molecule has 2 bridgehead atoms. The van der Waals surface area contributed by atoms with Crippen LogP contribution in [-0.4, -0.2) is 82.9 Å². The van der Waals surface area contributed by atoms with E-state index in [4.69, 9.17) is 23.7 Å². The molecular weight excluding hydrogens is 734 g/mol. The quantitative estimate of drug-likeness (QED) is 0.198. The zero-order chi connectivity index (χ0) is 41.8. The number of Topliss-reactive ketones (excluding diaryl/α,β-unsaturated/α-hetero) is 1. The summed E-state index contributed by atoms with van der Waals surface area (Å²) in [4.78, 5) is 82.4. The first-order valence-electron chi connectivity index (χ1n) is 19.5. The predicted octanol–water partition coefficient (Wildman–Crippen LogP) is 4.99. The van der Waals surface area contributed by atoms with Gasteiger partial charge in [0.2, 0.25) is 5.91 Å². The summed E-state index contributed by atoms with van der Waals surface area (Å²) in [6.45, 7) is 13.7.